The van der Waals surface area contributed by atoms with E-state index in [1.54, 1.807) is 16.4 Å². The van der Waals surface area contributed by atoms with Crippen LogP contribution in [-0.4, -0.2) is 55.3 Å². The van der Waals surface area contributed by atoms with Crippen molar-refractivity contribution in [1.29, 1.82) is 0 Å². The quantitative estimate of drug-likeness (QED) is 0.258. The lowest BCUT2D eigenvalue weighted by Gasteiger charge is -2.31. The van der Waals surface area contributed by atoms with Gasteiger partial charge in [0.05, 0.1) is 6.61 Å². The minimum atomic E-state index is -0.360. The predicted molar refractivity (Wildman–Crippen MR) is 153 cm³/mol. The van der Waals surface area contributed by atoms with Crippen LogP contribution in [0.25, 0.3) is 11.2 Å². The van der Waals surface area contributed by atoms with Crippen molar-refractivity contribution in [2.45, 2.75) is 84.5 Å². The Morgan fingerprint density at radius 3 is 2.49 bits per heavy atom. The summed E-state index contributed by atoms with van der Waals surface area (Å²) in [4.78, 5) is 57.2. The smallest absolute Gasteiger partial charge is 0.410 e. The Labute approximate surface area is 238 Å². The van der Waals surface area contributed by atoms with Gasteiger partial charge in [-0.25, -0.2) is 14.6 Å². The molecule has 1 amide bonds. The molecule has 2 aromatic heterocycles. The Kier molecular flexibility index (Phi) is 9.21. The van der Waals surface area contributed by atoms with Gasteiger partial charge in [-0.1, -0.05) is 30.3 Å². The molecule has 0 atom stereocenters. The van der Waals surface area contributed by atoms with Crippen molar-refractivity contribution in [2.24, 2.45) is 5.92 Å². The van der Waals surface area contributed by atoms with Gasteiger partial charge in [0.15, 0.2) is 5.52 Å². The van der Waals surface area contributed by atoms with Crippen LogP contribution in [0.5, 0.6) is 0 Å². The van der Waals surface area contributed by atoms with E-state index >= 15 is 0 Å². The van der Waals surface area contributed by atoms with Crippen LogP contribution in [0.3, 0.4) is 0 Å². The molecule has 0 unspecified atom stereocenters. The number of nitrogens with zero attached hydrogens (tertiary/aromatic N) is 5. The van der Waals surface area contributed by atoms with Gasteiger partial charge in [0.2, 0.25) is 0 Å². The molecule has 0 spiro atoms. The first-order valence-corrected chi connectivity index (χ1v) is 14.8. The van der Waals surface area contributed by atoms with E-state index in [-0.39, 0.29) is 42.9 Å². The molecule has 1 aromatic carbocycles. The molecule has 1 saturated heterocycles. The molecule has 3 aromatic rings. The Morgan fingerprint density at radius 1 is 0.976 bits per heavy atom. The van der Waals surface area contributed by atoms with E-state index in [0.717, 1.165) is 43.6 Å². The number of carbonyl (C=O) groups is 2. The van der Waals surface area contributed by atoms with Gasteiger partial charge < -0.3 is 18.9 Å². The molecule has 41 heavy (non-hydrogen) atoms. The molecule has 0 saturated carbocycles. The van der Waals surface area contributed by atoms with Crippen LogP contribution >= 0.6 is 0 Å². The number of unbranched alkanes of at least 4 members (excludes halogenated alkanes) is 1. The maximum Gasteiger partial charge on any atom is 0.410 e. The fourth-order valence-corrected chi connectivity index (χ4v) is 5.89. The molecular weight excluding hydrogens is 526 g/mol. The number of aromatic nitrogens is 4. The highest BCUT2D eigenvalue weighted by molar-refractivity contribution is 5.71. The lowest BCUT2D eigenvalue weighted by Crippen LogP contribution is -2.41. The SMILES string of the molecule is CCOC(=O)CCCCn1c(=O)c2nc(CCC3CCN(C(=O)OCc4ccccc4)CC3)n3c2n(c1=O)CCC3. The highest BCUT2D eigenvalue weighted by atomic mass is 16.6. The second kappa shape index (κ2) is 13.2. The summed E-state index contributed by atoms with van der Waals surface area (Å²) in [6, 6.07) is 9.67. The fraction of sp³-hybridized carbons (Fsp3) is 0.567. The first kappa shape index (κ1) is 28.6. The number of carbonyl (C=O) groups excluding carboxylic acids is 2. The van der Waals surface area contributed by atoms with Crippen LogP contribution < -0.4 is 11.2 Å². The number of hydrogen-bond donors (Lipinski definition) is 0. The molecule has 0 radical (unpaired) electrons. The molecule has 2 aliphatic heterocycles. The number of benzene rings is 1. The average Bonchev–Trinajstić information content (AvgIpc) is 3.37. The molecule has 0 bridgehead atoms. The van der Waals surface area contributed by atoms with Crippen molar-refractivity contribution >= 4 is 23.2 Å². The molecule has 0 aliphatic carbocycles. The number of rotatable bonds is 11. The summed E-state index contributed by atoms with van der Waals surface area (Å²) in [7, 11) is 0. The average molecular weight is 566 g/mol. The van der Waals surface area contributed by atoms with Gasteiger partial charge >= 0.3 is 17.8 Å². The Hall–Kier alpha value is -3.89. The third kappa shape index (κ3) is 6.55. The molecule has 11 heteroatoms. The van der Waals surface area contributed by atoms with E-state index in [2.05, 4.69) is 0 Å². The second-order valence-electron chi connectivity index (χ2n) is 10.9. The fourth-order valence-electron chi connectivity index (χ4n) is 5.89. The van der Waals surface area contributed by atoms with Crippen LogP contribution in [0.2, 0.25) is 0 Å². The first-order valence-electron chi connectivity index (χ1n) is 14.8. The van der Waals surface area contributed by atoms with Gasteiger partial charge in [-0.3, -0.25) is 18.7 Å². The normalized spacial score (nSPS) is 15.3. The van der Waals surface area contributed by atoms with E-state index in [9.17, 15) is 19.2 Å². The molecule has 2 aliphatic rings. The van der Waals surface area contributed by atoms with Crippen molar-refractivity contribution in [3.8, 4) is 0 Å². The summed E-state index contributed by atoms with van der Waals surface area (Å²) in [6.45, 7) is 5.25. The maximum atomic E-state index is 13.3. The van der Waals surface area contributed by atoms with Crippen molar-refractivity contribution in [3.05, 3.63) is 62.6 Å². The van der Waals surface area contributed by atoms with E-state index in [1.807, 2.05) is 34.9 Å². The third-order valence-corrected chi connectivity index (χ3v) is 8.12. The van der Waals surface area contributed by atoms with Crippen molar-refractivity contribution in [1.82, 2.24) is 23.6 Å². The van der Waals surface area contributed by atoms with Crippen molar-refractivity contribution in [2.75, 3.05) is 19.7 Å². The maximum absolute atomic E-state index is 13.3. The number of imidazole rings is 1. The summed E-state index contributed by atoms with van der Waals surface area (Å²) in [5.41, 5.74) is 1.28. The second-order valence-corrected chi connectivity index (χ2v) is 10.9. The molecule has 0 N–H and O–H groups in total. The van der Waals surface area contributed by atoms with Crippen LogP contribution in [0.4, 0.5) is 4.79 Å². The highest BCUT2D eigenvalue weighted by Gasteiger charge is 2.27. The number of piperidine rings is 1. The van der Waals surface area contributed by atoms with Gasteiger partial charge in [-0.2, -0.15) is 0 Å². The van der Waals surface area contributed by atoms with E-state index in [1.165, 1.54) is 4.57 Å². The number of aryl methyl sites for hydroxylation is 3. The monoisotopic (exact) mass is 565 g/mol. The summed E-state index contributed by atoms with van der Waals surface area (Å²) in [5, 5.41) is 0. The zero-order valence-electron chi connectivity index (χ0n) is 23.8. The van der Waals surface area contributed by atoms with Crippen molar-refractivity contribution < 1.29 is 19.1 Å². The largest absolute Gasteiger partial charge is 0.466 e. The zero-order chi connectivity index (χ0) is 28.8. The van der Waals surface area contributed by atoms with Crippen LogP contribution in [0, 0.1) is 5.92 Å². The number of amides is 1. The van der Waals surface area contributed by atoms with Gasteiger partial charge in [-0.05, 0) is 56.9 Å². The van der Waals surface area contributed by atoms with Crippen LogP contribution in [0.15, 0.2) is 39.9 Å². The summed E-state index contributed by atoms with van der Waals surface area (Å²) < 4.78 is 15.4. The number of hydrogen-bond acceptors (Lipinski definition) is 7. The molecule has 1 fully saturated rings. The first-order chi connectivity index (χ1) is 20.0. The number of ether oxygens (including phenoxy) is 2. The van der Waals surface area contributed by atoms with Gasteiger partial charge in [0.25, 0.3) is 5.56 Å². The van der Waals surface area contributed by atoms with E-state index in [0.29, 0.717) is 62.6 Å². The minimum Gasteiger partial charge on any atom is -0.466 e. The Balaban J connectivity index is 1.19. The highest BCUT2D eigenvalue weighted by Crippen LogP contribution is 2.25. The minimum absolute atomic E-state index is 0.252. The topological polar surface area (TPSA) is 118 Å². The molecule has 11 nitrogen and oxygen atoms in total. The summed E-state index contributed by atoms with van der Waals surface area (Å²) in [5.74, 6) is 1.02. The number of esters is 1. The van der Waals surface area contributed by atoms with Crippen LogP contribution in [0.1, 0.15) is 63.3 Å². The van der Waals surface area contributed by atoms with Crippen molar-refractivity contribution in [3.63, 3.8) is 0 Å². The molecule has 220 valence electrons. The van der Waals surface area contributed by atoms with E-state index in [4.69, 9.17) is 14.5 Å². The molecule has 5 rings (SSSR count). The van der Waals surface area contributed by atoms with Gasteiger partial charge in [0, 0.05) is 45.6 Å². The van der Waals surface area contributed by atoms with Gasteiger partial charge in [-0.15, -0.1) is 0 Å². The summed E-state index contributed by atoms with van der Waals surface area (Å²) >= 11 is 0. The lowest BCUT2D eigenvalue weighted by atomic mass is 9.92. The Bertz CT molecular complexity index is 1480. The lowest BCUT2D eigenvalue weighted by molar-refractivity contribution is -0.143. The molecule has 4 heterocycles. The Morgan fingerprint density at radius 2 is 1.73 bits per heavy atom. The third-order valence-electron chi connectivity index (χ3n) is 8.12. The van der Waals surface area contributed by atoms with E-state index < -0.39 is 0 Å². The summed E-state index contributed by atoms with van der Waals surface area (Å²) in [6.07, 6.45) is 5.28. The molecular formula is C30H39N5O6. The number of likely N-dealkylation sites (tertiary alicyclic amines) is 1. The van der Waals surface area contributed by atoms with Crippen LogP contribution in [-0.2, 0) is 46.9 Å². The van der Waals surface area contributed by atoms with Gasteiger partial charge in [0.1, 0.15) is 18.1 Å². The zero-order valence-corrected chi connectivity index (χ0v) is 23.8. The predicted octanol–water partition coefficient (Wildman–Crippen LogP) is 3.48. The standard InChI is InChI=1S/C30H39N5O6/c1-2-40-25(36)11-6-7-16-35-28(37)26-27-33(17-8-18-34(27)29(35)38)24(31-26)13-12-22-14-19-32(20-15-22)30(39)41-21-23-9-4-3-5-10-23/h3-5,9-10,22H,2,6-8,11-21H2,1H3.